The SMILES string of the molecule is C=C/C=C\C(C)=O. The van der Waals surface area contributed by atoms with Gasteiger partial charge >= 0.3 is 0 Å². The lowest BCUT2D eigenvalue weighted by molar-refractivity contribution is -0.112. The Morgan fingerprint density at radius 2 is 2.29 bits per heavy atom. The molecule has 0 N–H and O–H groups in total. The third kappa shape index (κ3) is 5.15. The Bertz CT molecular complexity index is 101. The molecule has 0 atom stereocenters. The maximum Gasteiger partial charge on any atom is 0.152 e. The van der Waals surface area contributed by atoms with E-state index in [1.807, 2.05) is 0 Å². The number of carbonyl (C=O) groups is 1. The minimum Gasteiger partial charge on any atom is -0.295 e. The molecule has 0 saturated carbocycles. The van der Waals surface area contributed by atoms with E-state index in [1.54, 1.807) is 12.2 Å². The van der Waals surface area contributed by atoms with Gasteiger partial charge in [-0.2, -0.15) is 0 Å². The summed E-state index contributed by atoms with van der Waals surface area (Å²) in [5.41, 5.74) is 0. The summed E-state index contributed by atoms with van der Waals surface area (Å²) in [5, 5.41) is 0. The average molecular weight is 96.1 g/mol. The lowest BCUT2D eigenvalue weighted by Gasteiger charge is -1.70. The standard InChI is InChI=1S/C6H8O/c1-3-4-5-6(2)7/h3-5H,1H2,2H3/b5-4-. The van der Waals surface area contributed by atoms with Gasteiger partial charge in [0.05, 0.1) is 0 Å². The summed E-state index contributed by atoms with van der Waals surface area (Å²) >= 11 is 0. The molecule has 0 unspecified atom stereocenters. The number of carbonyl (C=O) groups excluding carboxylic acids is 1. The first-order valence-electron chi connectivity index (χ1n) is 2.07. The Balaban J connectivity index is 3.46. The fourth-order valence-corrected chi connectivity index (χ4v) is 0.204. The largest absolute Gasteiger partial charge is 0.295 e. The van der Waals surface area contributed by atoms with Gasteiger partial charge in [0, 0.05) is 0 Å². The molecule has 0 saturated heterocycles. The molecule has 0 spiro atoms. The lowest BCUT2D eigenvalue weighted by atomic mass is 10.4. The number of hydrogen-bond acceptors (Lipinski definition) is 1. The zero-order chi connectivity index (χ0) is 5.70. The molecule has 38 valence electrons. The summed E-state index contributed by atoms with van der Waals surface area (Å²) in [6.07, 6.45) is 4.65. The van der Waals surface area contributed by atoms with E-state index >= 15 is 0 Å². The van der Waals surface area contributed by atoms with Crippen LogP contribution >= 0.6 is 0 Å². The van der Waals surface area contributed by atoms with Crippen molar-refractivity contribution in [1.29, 1.82) is 0 Å². The van der Waals surface area contributed by atoms with Crippen LogP contribution in [0.4, 0.5) is 0 Å². The fraction of sp³-hybridized carbons (Fsp3) is 0.167. The van der Waals surface area contributed by atoms with Gasteiger partial charge in [0.2, 0.25) is 0 Å². The zero-order valence-corrected chi connectivity index (χ0v) is 4.35. The van der Waals surface area contributed by atoms with E-state index in [0.29, 0.717) is 0 Å². The molecular weight excluding hydrogens is 88.1 g/mol. The summed E-state index contributed by atoms with van der Waals surface area (Å²) in [4.78, 5) is 10.1. The highest BCUT2D eigenvalue weighted by Gasteiger charge is 1.74. The topological polar surface area (TPSA) is 17.1 Å². The minimum atomic E-state index is 0.0555. The molecule has 0 aliphatic rings. The van der Waals surface area contributed by atoms with E-state index in [9.17, 15) is 4.79 Å². The molecule has 0 aromatic heterocycles. The lowest BCUT2D eigenvalue weighted by Crippen LogP contribution is -1.76. The van der Waals surface area contributed by atoms with Crippen molar-refractivity contribution in [2.45, 2.75) is 6.92 Å². The molecule has 0 aromatic carbocycles. The molecule has 1 heteroatoms. The molecule has 0 aliphatic carbocycles. The quantitative estimate of drug-likeness (QED) is 0.374. The van der Waals surface area contributed by atoms with Crippen molar-refractivity contribution in [1.82, 2.24) is 0 Å². The fourth-order valence-electron chi connectivity index (χ4n) is 0.204. The Morgan fingerprint density at radius 1 is 1.71 bits per heavy atom. The Hall–Kier alpha value is -0.850. The first kappa shape index (κ1) is 6.15. The Kier molecular flexibility index (Phi) is 2.94. The molecule has 0 amide bonds. The molecule has 0 heterocycles. The molecular formula is C6H8O. The summed E-state index contributed by atoms with van der Waals surface area (Å²) in [7, 11) is 0. The summed E-state index contributed by atoms with van der Waals surface area (Å²) in [5.74, 6) is 0.0555. The van der Waals surface area contributed by atoms with E-state index in [2.05, 4.69) is 6.58 Å². The van der Waals surface area contributed by atoms with Gasteiger partial charge in [-0.25, -0.2) is 0 Å². The molecule has 0 rings (SSSR count). The Morgan fingerprint density at radius 3 is 2.43 bits per heavy atom. The third-order valence-electron chi connectivity index (χ3n) is 0.467. The van der Waals surface area contributed by atoms with Crippen molar-refractivity contribution >= 4 is 5.78 Å². The van der Waals surface area contributed by atoms with Crippen LogP contribution in [0.25, 0.3) is 0 Å². The van der Waals surface area contributed by atoms with Crippen molar-refractivity contribution in [3.05, 3.63) is 24.8 Å². The molecule has 0 radical (unpaired) electrons. The van der Waals surface area contributed by atoms with Crippen LogP contribution in [-0.2, 0) is 4.79 Å². The van der Waals surface area contributed by atoms with E-state index in [-0.39, 0.29) is 5.78 Å². The number of rotatable bonds is 2. The van der Waals surface area contributed by atoms with Crippen molar-refractivity contribution in [3.63, 3.8) is 0 Å². The zero-order valence-electron chi connectivity index (χ0n) is 4.35. The normalized spacial score (nSPS) is 9.29. The summed E-state index contributed by atoms with van der Waals surface area (Å²) in [6.45, 7) is 4.89. The predicted octanol–water partition coefficient (Wildman–Crippen LogP) is 1.32. The van der Waals surface area contributed by atoms with E-state index < -0.39 is 0 Å². The van der Waals surface area contributed by atoms with Crippen LogP contribution in [0.15, 0.2) is 24.8 Å². The van der Waals surface area contributed by atoms with Gasteiger partial charge in [-0.05, 0) is 13.0 Å². The number of allylic oxidation sites excluding steroid dienone is 3. The van der Waals surface area contributed by atoms with Gasteiger partial charge < -0.3 is 0 Å². The van der Waals surface area contributed by atoms with Crippen LogP contribution in [0.3, 0.4) is 0 Å². The highest BCUT2D eigenvalue weighted by molar-refractivity contribution is 5.87. The molecule has 0 fully saturated rings. The third-order valence-corrected chi connectivity index (χ3v) is 0.467. The average Bonchev–Trinajstić information content (AvgIpc) is 1.61. The second-order valence-corrected chi connectivity index (χ2v) is 1.21. The van der Waals surface area contributed by atoms with Crippen molar-refractivity contribution in [2.24, 2.45) is 0 Å². The summed E-state index contributed by atoms with van der Waals surface area (Å²) in [6, 6.07) is 0. The molecule has 0 bridgehead atoms. The van der Waals surface area contributed by atoms with Crippen molar-refractivity contribution in [3.8, 4) is 0 Å². The molecule has 1 nitrogen and oxygen atoms in total. The minimum absolute atomic E-state index is 0.0555. The van der Waals surface area contributed by atoms with Gasteiger partial charge in [-0.15, -0.1) is 0 Å². The van der Waals surface area contributed by atoms with Gasteiger partial charge in [-0.3, -0.25) is 4.79 Å². The number of hydrogen-bond donors (Lipinski definition) is 0. The van der Waals surface area contributed by atoms with Crippen LogP contribution in [0.1, 0.15) is 6.92 Å². The van der Waals surface area contributed by atoms with Crippen molar-refractivity contribution in [2.75, 3.05) is 0 Å². The second-order valence-electron chi connectivity index (χ2n) is 1.21. The van der Waals surface area contributed by atoms with Gasteiger partial charge in [0.25, 0.3) is 0 Å². The van der Waals surface area contributed by atoms with Crippen LogP contribution in [0.5, 0.6) is 0 Å². The van der Waals surface area contributed by atoms with Crippen LogP contribution in [-0.4, -0.2) is 5.78 Å². The van der Waals surface area contributed by atoms with Crippen LogP contribution in [0.2, 0.25) is 0 Å². The van der Waals surface area contributed by atoms with E-state index in [4.69, 9.17) is 0 Å². The molecule has 7 heavy (non-hydrogen) atoms. The number of ketones is 1. The van der Waals surface area contributed by atoms with Gasteiger partial charge in [0.15, 0.2) is 5.78 Å². The maximum atomic E-state index is 10.1. The van der Waals surface area contributed by atoms with Crippen molar-refractivity contribution < 1.29 is 4.79 Å². The Labute approximate surface area is 43.3 Å². The molecule has 0 aliphatic heterocycles. The first-order valence-corrected chi connectivity index (χ1v) is 2.07. The predicted molar refractivity (Wildman–Crippen MR) is 30.0 cm³/mol. The molecule has 0 aromatic rings. The highest BCUT2D eigenvalue weighted by atomic mass is 16.1. The smallest absolute Gasteiger partial charge is 0.152 e. The van der Waals surface area contributed by atoms with Gasteiger partial charge in [0.1, 0.15) is 0 Å². The summed E-state index contributed by atoms with van der Waals surface area (Å²) < 4.78 is 0. The maximum absolute atomic E-state index is 10.1. The first-order chi connectivity index (χ1) is 3.27. The second kappa shape index (κ2) is 3.34. The van der Waals surface area contributed by atoms with E-state index in [1.165, 1.54) is 13.0 Å². The van der Waals surface area contributed by atoms with Gasteiger partial charge in [-0.1, -0.05) is 18.7 Å². The van der Waals surface area contributed by atoms with Crippen LogP contribution in [0, 0.1) is 0 Å². The van der Waals surface area contributed by atoms with E-state index in [0.717, 1.165) is 0 Å². The monoisotopic (exact) mass is 96.1 g/mol. The highest BCUT2D eigenvalue weighted by Crippen LogP contribution is 1.72. The van der Waals surface area contributed by atoms with Crippen LogP contribution < -0.4 is 0 Å².